The number of hydrogen-bond acceptors (Lipinski definition) is 3. The molecule has 0 saturated carbocycles. The van der Waals surface area contributed by atoms with Crippen molar-refractivity contribution in [1.29, 1.82) is 0 Å². The Balaban J connectivity index is 2.08. The van der Waals surface area contributed by atoms with Gasteiger partial charge in [0.15, 0.2) is 11.5 Å². The lowest BCUT2D eigenvalue weighted by Crippen LogP contribution is -1.99. The van der Waals surface area contributed by atoms with Gasteiger partial charge in [-0.3, -0.25) is 4.79 Å². The van der Waals surface area contributed by atoms with Crippen LogP contribution >= 0.6 is 0 Å². The summed E-state index contributed by atoms with van der Waals surface area (Å²) in [5, 5.41) is 9.74. The van der Waals surface area contributed by atoms with Gasteiger partial charge in [0, 0.05) is 6.42 Å². The summed E-state index contributed by atoms with van der Waals surface area (Å²) in [6.45, 7) is 1.93. The van der Waals surface area contributed by atoms with Crippen molar-refractivity contribution in [3.63, 3.8) is 0 Å². The Morgan fingerprint density at radius 1 is 1.11 bits per heavy atom. The highest BCUT2D eigenvalue weighted by Gasteiger charge is 2.06. The minimum atomic E-state index is 0.0831. The highest BCUT2D eigenvalue weighted by Crippen LogP contribution is 2.27. The SMILES string of the molecule is CC(=O)Cc1ccc(O)c(OCc2ccccc2)c1. The van der Waals surface area contributed by atoms with E-state index in [1.54, 1.807) is 18.2 Å². The quantitative estimate of drug-likeness (QED) is 0.894. The zero-order valence-corrected chi connectivity index (χ0v) is 10.8. The standard InChI is InChI=1S/C16H16O3/c1-12(17)9-14-7-8-15(18)16(10-14)19-11-13-5-3-2-4-6-13/h2-8,10,18H,9,11H2,1H3. The topological polar surface area (TPSA) is 46.5 Å². The average molecular weight is 256 g/mol. The van der Waals surface area contributed by atoms with Crippen LogP contribution in [0.3, 0.4) is 0 Å². The molecular formula is C16H16O3. The number of rotatable bonds is 5. The Labute approximate surface area is 112 Å². The van der Waals surface area contributed by atoms with Crippen molar-refractivity contribution in [2.75, 3.05) is 0 Å². The third kappa shape index (κ3) is 3.85. The van der Waals surface area contributed by atoms with Gasteiger partial charge in [0.25, 0.3) is 0 Å². The molecule has 19 heavy (non-hydrogen) atoms. The fraction of sp³-hybridized carbons (Fsp3) is 0.188. The van der Waals surface area contributed by atoms with Crippen LogP contribution in [0.1, 0.15) is 18.1 Å². The molecule has 0 atom stereocenters. The van der Waals surface area contributed by atoms with Crippen molar-refractivity contribution < 1.29 is 14.6 Å². The monoisotopic (exact) mass is 256 g/mol. The lowest BCUT2D eigenvalue weighted by molar-refractivity contribution is -0.116. The minimum absolute atomic E-state index is 0.0831. The molecule has 0 saturated heterocycles. The second kappa shape index (κ2) is 6.05. The first-order valence-corrected chi connectivity index (χ1v) is 6.13. The molecule has 0 aliphatic rings. The molecule has 0 heterocycles. The number of phenols is 1. The van der Waals surface area contributed by atoms with Gasteiger partial charge in [-0.2, -0.15) is 0 Å². The number of phenolic OH excluding ortho intramolecular Hbond substituents is 1. The predicted octanol–water partition coefficient (Wildman–Crippen LogP) is 3.10. The van der Waals surface area contributed by atoms with Crippen LogP contribution in [0.4, 0.5) is 0 Å². The fourth-order valence-corrected chi connectivity index (χ4v) is 1.81. The molecule has 98 valence electrons. The molecule has 1 N–H and O–H groups in total. The molecule has 2 rings (SSSR count). The number of Topliss-reactive ketones (excluding diaryl/α,β-unsaturated/α-hetero) is 1. The molecule has 0 spiro atoms. The average Bonchev–Trinajstić information content (AvgIpc) is 2.40. The van der Waals surface area contributed by atoms with Gasteiger partial charge in [0.05, 0.1) is 0 Å². The maximum absolute atomic E-state index is 11.1. The number of carbonyl (C=O) groups is 1. The minimum Gasteiger partial charge on any atom is -0.504 e. The molecule has 2 aromatic rings. The van der Waals surface area contributed by atoms with Crippen LogP contribution in [0.25, 0.3) is 0 Å². The fourth-order valence-electron chi connectivity index (χ4n) is 1.81. The molecule has 0 bridgehead atoms. The van der Waals surface area contributed by atoms with E-state index in [2.05, 4.69) is 0 Å². The van der Waals surface area contributed by atoms with E-state index in [-0.39, 0.29) is 11.5 Å². The Morgan fingerprint density at radius 2 is 1.84 bits per heavy atom. The van der Waals surface area contributed by atoms with Gasteiger partial charge < -0.3 is 9.84 Å². The zero-order valence-electron chi connectivity index (χ0n) is 10.8. The van der Waals surface area contributed by atoms with E-state index in [4.69, 9.17) is 4.74 Å². The largest absolute Gasteiger partial charge is 0.504 e. The highest BCUT2D eigenvalue weighted by atomic mass is 16.5. The maximum atomic E-state index is 11.1. The van der Waals surface area contributed by atoms with Crippen LogP contribution in [-0.4, -0.2) is 10.9 Å². The first kappa shape index (κ1) is 13.1. The van der Waals surface area contributed by atoms with Crippen LogP contribution in [0, 0.1) is 0 Å². The van der Waals surface area contributed by atoms with E-state index in [1.165, 1.54) is 6.92 Å². The molecule has 0 unspecified atom stereocenters. The van der Waals surface area contributed by atoms with Crippen LogP contribution in [-0.2, 0) is 17.8 Å². The molecule has 3 heteroatoms. The predicted molar refractivity (Wildman–Crippen MR) is 73.3 cm³/mol. The number of aromatic hydroxyl groups is 1. The van der Waals surface area contributed by atoms with E-state index in [1.807, 2.05) is 30.3 Å². The zero-order chi connectivity index (χ0) is 13.7. The van der Waals surface area contributed by atoms with Gasteiger partial charge in [-0.1, -0.05) is 36.4 Å². The van der Waals surface area contributed by atoms with Crippen molar-refractivity contribution in [2.45, 2.75) is 20.0 Å². The van der Waals surface area contributed by atoms with Gasteiger partial charge in [-0.05, 0) is 30.2 Å². The van der Waals surface area contributed by atoms with Crippen molar-refractivity contribution in [3.05, 3.63) is 59.7 Å². The number of ether oxygens (including phenoxy) is 1. The van der Waals surface area contributed by atoms with Crippen LogP contribution in [0.15, 0.2) is 48.5 Å². The van der Waals surface area contributed by atoms with Gasteiger partial charge in [-0.25, -0.2) is 0 Å². The second-order valence-electron chi connectivity index (χ2n) is 4.46. The summed E-state index contributed by atoms with van der Waals surface area (Å²) < 4.78 is 5.58. The normalized spacial score (nSPS) is 10.2. The third-order valence-corrected chi connectivity index (χ3v) is 2.71. The molecule has 0 amide bonds. The second-order valence-corrected chi connectivity index (χ2v) is 4.46. The third-order valence-electron chi connectivity index (χ3n) is 2.71. The van der Waals surface area contributed by atoms with E-state index in [0.29, 0.717) is 18.8 Å². The van der Waals surface area contributed by atoms with Gasteiger partial charge in [0.1, 0.15) is 12.4 Å². The summed E-state index contributed by atoms with van der Waals surface area (Å²) in [5.41, 5.74) is 1.87. The van der Waals surface area contributed by atoms with Crippen LogP contribution < -0.4 is 4.74 Å². The van der Waals surface area contributed by atoms with Gasteiger partial charge >= 0.3 is 0 Å². The number of carbonyl (C=O) groups excluding carboxylic acids is 1. The lowest BCUT2D eigenvalue weighted by Gasteiger charge is -2.09. The Bertz CT molecular complexity index is 561. The smallest absolute Gasteiger partial charge is 0.161 e. The van der Waals surface area contributed by atoms with Crippen molar-refractivity contribution in [2.24, 2.45) is 0 Å². The highest BCUT2D eigenvalue weighted by molar-refractivity contribution is 5.78. The Hall–Kier alpha value is -2.29. The molecule has 2 aromatic carbocycles. The van der Waals surface area contributed by atoms with E-state index < -0.39 is 0 Å². The van der Waals surface area contributed by atoms with Crippen LogP contribution in [0.5, 0.6) is 11.5 Å². The molecule has 0 aliphatic carbocycles. The van der Waals surface area contributed by atoms with Crippen molar-refractivity contribution >= 4 is 5.78 Å². The van der Waals surface area contributed by atoms with Gasteiger partial charge in [-0.15, -0.1) is 0 Å². The summed E-state index contributed by atoms with van der Waals surface area (Å²) in [5.74, 6) is 0.575. The van der Waals surface area contributed by atoms with Gasteiger partial charge in [0.2, 0.25) is 0 Å². The number of hydrogen-bond donors (Lipinski definition) is 1. The van der Waals surface area contributed by atoms with Crippen molar-refractivity contribution in [3.8, 4) is 11.5 Å². The van der Waals surface area contributed by atoms with E-state index in [0.717, 1.165) is 11.1 Å². The number of benzene rings is 2. The maximum Gasteiger partial charge on any atom is 0.161 e. The first-order valence-electron chi connectivity index (χ1n) is 6.13. The van der Waals surface area contributed by atoms with Crippen molar-refractivity contribution in [1.82, 2.24) is 0 Å². The summed E-state index contributed by atoms with van der Waals surface area (Å²) in [6, 6.07) is 14.7. The Kier molecular flexibility index (Phi) is 4.18. The molecule has 0 fully saturated rings. The first-order chi connectivity index (χ1) is 9.15. The van der Waals surface area contributed by atoms with Crippen LogP contribution in [0.2, 0.25) is 0 Å². The summed E-state index contributed by atoms with van der Waals surface area (Å²) in [7, 11) is 0. The van der Waals surface area contributed by atoms with E-state index >= 15 is 0 Å². The number of ketones is 1. The molecule has 0 aliphatic heterocycles. The van der Waals surface area contributed by atoms with E-state index in [9.17, 15) is 9.90 Å². The lowest BCUT2D eigenvalue weighted by atomic mass is 10.1. The Morgan fingerprint density at radius 3 is 2.53 bits per heavy atom. The molecule has 0 aromatic heterocycles. The molecule has 3 nitrogen and oxygen atoms in total. The molecule has 0 radical (unpaired) electrons. The summed E-state index contributed by atoms with van der Waals surface area (Å²) in [4.78, 5) is 11.1. The molecular weight excluding hydrogens is 240 g/mol. The summed E-state index contributed by atoms with van der Waals surface area (Å²) in [6.07, 6.45) is 0.349. The summed E-state index contributed by atoms with van der Waals surface area (Å²) >= 11 is 0.